The Morgan fingerprint density at radius 1 is 0.853 bits per heavy atom. The van der Waals surface area contributed by atoms with Crippen molar-refractivity contribution in [3.05, 3.63) is 11.6 Å². The van der Waals surface area contributed by atoms with E-state index in [4.69, 9.17) is 18.9 Å². The summed E-state index contributed by atoms with van der Waals surface area (Å²) in [6.07, 6.45) is -12.8. The zero-order chi connectivity index (χ0) is 25.3. The molecule has 0 aromatic rings. The van der Waals surface area contributed by atoms with Crippen LogP contribution in [-0.4, -0.2) is 141 Å². The molecule has 0 bridgehead atoms. The third-order valence-electron chi connectivity index (χ3n) is 6.97. The number of aliphatic hydroxyl groups is 8. The molecule has 1 aliphatic carbocycles. The van der Waals surface area contributed by atoms with Gasteiger partial charge in [0.1, 0.15) is 36.6 Å². The molecule has 0 saturated carbocycles. The maximum absolute atomic E-state index is 10.8. The monoisotopic (exact) mass is 495 g/mol. The average molecular weight is 496 g/mol. The van der Waals surface area contributed by atoms with Crippen LogP contribution in [0, 0.1) is 5.92 Å². The van der Waals surface area contributed by atoms with Crippen molar-refractivity contribution in [2.24, 2.45) is 5.92 Å². The SMILES string of the molecule is COC1OC(CO)C(OC2OC(C)C(NC3C=C(CO)C(C)C(O)C3O)C(O)C2O)C(O)C1O. The summed E-state index contributed by atoms with van der Waals surface area (Å²) in [5.41, 5.74) is 0.519. The Labute approximate surface area is 197 Å². The van der Waals surface area contributed by atoms with Gasteiger partial charge in [0.2, 0.25) is 0 Å². The van der Waals surface area contributed by atoms with E-state index in [9.17, 15) is 40.9 Å². The van der Waals surface area contributed by atoms with Gasteiger partial charge in [-0.3, -0.25) is 0 Å². The van der Waals surface area contributed by atoms with Crippen LogP contribution >= 0.6 is 0 Å². The minimum atomic E-state index is -1.62. The highest BCUT2D eigenvalue weighted by molar-refractivity contribution is 5.20. The second-order valence-corrected chi connectivity index (χ2v) is 9.12. The molecule has 0 aromatic carbocycles. The summed E-state index contributed by atoms with van der Waals surface area (Å²) in [6.45, 7) is 2.36. The molecular weight excluding hydrogens is 458 g/mol. The van der Waals surface area contributed by atoms with E-state index in [0.717, 1.165) is 0 Å². The Kier molecular flexibility index (Phi) is 9.42. The molecule has 0 radical (unpaired) electrons. The van der Waals surface area contributed by atoms with Gasteiger partial charge in [-0.2, -0.15) is 0 Å². The summed E-state index contributed by atoms with van der Waals surface area (Å²) in [7, 11) is 1.26. The highest BCUT2D eigenvalue weighted by Crippen LogP contribution is 2.31. The minimum Gasteiger partial charge on any atom is -0.394 e. The standard InChI is InChI=1S/C21H37NO12/c1-7-9(5-23)4-10(14(26)13(7)25)22-12-8(2)32-21(17(29)15(12)27)34-19-11(6-24)33-20(31-3)18(30)16(19)28/h4,7-8,10-30H,5-6H2,1-3H3. The van der Waals surface area contributed by atoms with Gasteiger partial charge in [0.05, 0.1) is 43.6 Å². The van der Waals surface area contributed by atoms with Gasteiger partial charge in [-0.25, -0.2) is 0 Å². The van der Waals surface area contributed by atoms with Gasteiger partial charge in [-0.05, 0) is 12.5 Å². The van der Waals surface area contributed by atoms with Crippen LogP contribution in [0.2, 0.25) is 0 Å². The van der Waals surface area contributed by atoms with E-state index < -0.39 is 92.1 Å². The van der Waals surface area contributed by atoms with Gasteiger partial charge in [0, 0.05) is 13.0 Å². The Morgan fingerprint density at radius 2 is 1.50 bits per heavy atom. The van der Waals surface area contributed by atoms with Crippen molar-refractivity contribution in [1.29, 1.82) is 0 Å². The Hall–Kier alpha value is -0.780. The Morgan fingerprint density at radius 3 is 2.09 bits per heavy atom. The minimum absolute atomic E-state index is 0.311. The van der Waals surface area contributed by atoms with Gasteiger partial charge >= 0.3 is 0 Å². The van der Waals surface area contributed by atoms with Crippen LogP contribution in [0.1, 0.15) is 13.8 Å². The Balaban J connectivity index is 1.70. The van der Waals surface area contributed by atoms with Crippen LogP contribution in [-0.2, 0) is 18.9 Å². The molecule has 2 aliphatic heterocycles. The van der Waals surface area contributed by atoms with Gasteiger partial charge in [-0.1, -0.05) is 13.0 Å². The summed E-state index contributed by atoms with van der Waals surface area (Å²) in [5.74, 6) is -0.456. The summed E-state index contributed by atoms with van der Waals surface area (Å²) in [6, 6.07) is -1.74. The van der Waals surface area contributed by atoms with E-state index in [-0.39, 0.29) is 6.61 Å². The van der Waals surface area contributed by atoms with Crippen LogP contribution in [0.5, 0.6) is 0 Å². The molecule has 13 heteroatoms. The molecule has 198 valence electrons. The van der Waals surface area contributed by atoms with Gasteiger partial charge < -0.3 is 65.1 Å². The molecule has 14 atom stereocenters. The second kappa shape index (κ2) is 11.5. The smallest absolute Gasteiger partial charge is 0.187 e. The van der Waals surface area contributed by atoms with Crippen molar-refractivity contribution < 1.29 is 59.8 Å². The number of aliphatic hydroxyl groups excluding tert-OH is 8. The van der Waals surface area contributed by atoms with E-state index in [1.165, 1.54) is 7.11 Å². The maximum Gasteiger partial charge on any atom is 0.187 e. The molecule has 0 amide bonds. The lowest BCUT2D eigenvalue weighted by atomic mass is 9.81. The first-order valence-electron chi connectivity index (χ1n) is 11.3. The fraction of sp³-hybridized carbons (Fsp3) is 0.905. The lowest BCUT2D eigenvalue weighted by molar-refractivity contribution is -0.348. The highest BCUT2D eigenvalue weighted by Gasteiger charge is 2.51. The molecule has 3 aliphatic rings. The lowest BCUT2D eigenvalue weighted by Gasteiger charge is -2.47. The van der Waals surface area contributed by atoms with Crippen LogP contribution in [0.25, 0.3) is 0 Å². The number of methoxy groups -OCH3 is 1. The van der Waals surface area contributed by atoms with Crippen molar-refractivity contribution >= 4 is 0 Å². The van der Waals surface area contributed by atoms with Crippen molar-refractivity contribution in [3.8, 4) is 0 Å². The van der Waals surface area contributed by atoms with Gasteiger partial charge in [0.25, 0.3) is 0 Å². The zero-order valence-corrected chi connectivity index (χ0v) is 19.3. The summed E-state index contributed by atoms with van der Waals surface area (Å²) < 4.78 is 21.7. The van der Waals surface area contributed by atoms with E-state index in [1.54, 1.807) is 19.9 Å². The molecule has 9 N–H and O–H groups in total. The normalized spacial score (nSPS) is 50.1. The van der Waals surface area contributed by atoms with Gasteiger partial charge in [0.15, 0.2) is 12.6 Å². The lowest BCUT2D eigenvalue weighted by Crippen LogP contribution is -2.67. The quantitative estimate of drug-likeness (QED) is 0.153. The fourth-order valence-corrected chi connectivity index (χ4v) is 4.72. The first kappa shape index (κ1) is 27.8. The molecule has 2 fully saturated rings. The summed E-state index contributed by atoms with van der Waals surface area (Å²) in [5, 5.41) is 85.0. The van der Waals surface area contributed by atoms with Crippen molar-refractivity contribution in [2.45, 2.75) is 93.4 Å². The fourth-order valence-electron chi connectivity index (χ4n) is 4.72. The first-order valence-corrected chi connectivity index (χ1v) is 11.3. The van der Waals surface area contributed by atoms with Crippen LogP contribution in [0.15, 0.2) is 11.6 Å². The molecule has 3 rings (SSSR count). The predicted molar refractivity (Wildman–Crippen MR) is 113 cm³/mol. The summed E-state index contributed by atoms with van der Waals surface area (Å²) in [4.78, 5) is 0. The van der Waals surface area contributed by atoms with E-state index in [1.807, 2.05) is 0 Å². The number of rotatable bonds is 7. The summed E-state index contributed by atoms with van der Waals surface area (Å²) >= 11 is 0. The van der Waals surface area contributed by atoms with Gasteiger partial charge in [-0.15, -0.1) is 0 Å². The maximum atomic E-state index is 10.8. The molecule has 0 spiro atoms. The highest BCUT2D eigenvalue weighted by atomic mass is 16.7. The molecule has 34 heavy (non-hydrogen) atoms. The van der Waals surface area contributed by atoms with Crippen molar-refractivity contribution in [3.63, 3.8) is 0 Å². The van der Waals surface area contributed by atoms with Crippen LogP contribution < -0.4 is 5.32 Å². The number of ether oxygens (including phenoxy) is 4. The number of hydrogen-bond donors (Lipinski definition) is 9. The number of hydrogen-bond acceptors (Lipinski definition) is 13. The second-order valence-electron chi connectivity index (χ2n) is 9.12. The first-order chi connectivity index (χ1) is 16.0. The van der Waals surface area contributed by atoms with E-state index in [2.05, 4.69) is 5.32 Å². The van der Waals surface area contributed by atoms with Crippen molar-refractivity contribution in [1.82, 2.24) is 5.32 Å². The number of nitrogens with one attached hydrogen (secondary N) is 1. The van der Waals surface area contributed by atoms with Crippen LogP contribution in [0.4, 0.5) is 0 Å². The molecule has 14 unspecified atom stereocenters. The molecule has 13 nitrogen and oxygen atoms in total. The average Bonchev–Trinajstić information content (AvgIpc) is 2.82. The molecule has 2 saturated heterocycles. The molecular formula is C21H37NO12. The zero-order valence-electron chi connectivity index (χ0n) is 19.3. The van der Waals surface area contributed by atoms with E-state index >= 15 is 0 Å². The molecule has 2 heterocycles. The largest absolute Gasteiger partial charge is 0.394 e. The molecule has 0 aromatic heterocycles. The third kappa shape index (κ3) is 5.32. The third-order valence-corrected chi connectivity index (χ3v) is 6.97. The van der Waals surface area contributed by atoms with Crippen LogP contribution in [0.3, 0.4) is 0 Å². The Bertz CT molecular complexity index is 695. The van der Waals surface area contributed by atoms with Crippen molar-refractivity contribution in [2.75, 3.05) is 20.3 Å². The van der Waals surface area contributed by atoms with E-state index in [0.29, 0.717) is 5.57 Å². The predicted octanol–water partition coefficient (Wildman–Crippen LogP) is -4.46. The topological polar surface area (TPSA) is 211 Å².